The summed E-state index contributed by atoms with van der Waals surface area (Å²) in [5.41, 5.74) is -0.122. The highest BCUT2D eigenvalue weighted by molar-refractivity contribution is 5.82. The van der Waals surface area contributed by atoms with Crippen LogP contribution in [0.4, 0.5) is 0 Å². The Morgan fingerprint density at radius 2 is 2.24 bits per heavy atom. The summed E-state index contributed by atoms with van der Waals surface area (Å²) in [5.74, 6) is -1.17. The number of rotatable bonds is 3. The molecule has 2 aromatic rings. The normalized spacial score (nSPS) is 10.8. The minimum absolute atomic E-state index is 0.451. The summed E-state index contributed by atoms with van der Waals surface area (Å²) in [6.45, 7) is 0. The maximum atomic E-state index is 11.7. The fourth-order valence-corrected chi connectivity index (χ4v) is 1.13. The Morgan fingerprint density at radius 1 is 1.41 bits per heavy atom. The third-order valence-electron chi connectivity index (χ3n) is 1.85. The number of carboxylic acids is 1. The molecule has 0 atom stereocenters. The molecular formula is C9H7N5O3. The van der Waals surface area contributed by atoms with E-state index in [9.17, 15) is 9.59 Å². The van der Waals surface area contributed by atoms with Crippen molar-refractivity contribution in [3.8, 4) is 5.69 Å². The number of aromatic nitrogens is 5. The van der Waals surface area contributed by atoms with Gasteiger partial charge < -0.3 is 5.11 Å². The fourth-order valence-electron chi connectivity index (χ4n) is 1.13. The standard InChI is InChI=1S/C9H7N5O3/c15-8(16)3-5-13-9(17)14(12-11-13)7-2-1-4-10-6-7/h1-6H,(H,15,16). The monoisotopic (exact) mass is 233 g/mol. The molecule has 1 N–H and O–H groups in total. The summed E-state index contributed by atoms with van der Waals surface area (Å²) in [6, 6.07) is 3.28. The van der Waals surface area contributed by atoms with Gasteiger partial charge in [-0.2, -0.15) is 9.36 Å². The molecule has 17 heavy (non-hydrogen) atoms. The van der Waals surface area contributed by atoms with Crippen molar-refractivity contribution in [1.29, 1.82) is 0 Å². The van der Waals surface area contributed by atoms with Crippen LogP contribution in [0.5, 0.6) is 0 Å². The van der Waals surface area contributed by atoms with Crippen molar-refractivity contribution >= 4 is 12.2 Å². The highest BCUT2D eigenvalue weighted by Gasteiger charge is 2.06. The van der Waals surface area contributed by atoms with Gasteiger partial charge >= 0.3 is 11.7 Å². The van der Waals surface area contributed by atoms with Crippen LogP contribution in [0.2, 0.25) is 0 Å². The Kier molecular flexibility index (Phi) is 2.77. The summed E-state index contributed by atoms with van der Waals surface area (Å²) >= 11 is 0. The lowest BCUT2D eigenvalue weighted by molar-refractivity contribution is -0.131. The minimum atomic E-state index is -1.17. The molecule has 2 aromatic heterocycles. The summed E-state index contributed by atoms with van der Waals surface area (Å²) in [4.78, 5) is 25.8. The number of hydrogen-bond acceptors (Lipinski definition) is 5. The first-order valence-electron chi connectivity index (χ1n) is 4.54. The number of nitrogens with zero attached hydrogens (tertiary/aromatic N) is 5. The van der Waals surface area contributed by atoms with E-state index in [2.05, 4.69) is 15.4 Å². The van der Waals surface area contributed by atoms with Crippen LogP contribution in [0.1, 0.15) is 0 Å². The Bertz CT molecular complexity index is 613. The van der Waals surface area contributed by atoms with E-state index >= 15 is 0 Å². The van der Waals surface area contributed by atoms with Gasteiger partial charge in [0.05, 0.1) is 11.9 Å². The SMILES string of the molecule is O=C(O)C=Cn1nnn(-c2cccnc2)c1=O. The lowest BCUT2D eigenvalue weighted by Crippen LogP contribution is -2.21. The zero-order chi connectivity index (χ0) is 12.3. The predicted molar refractivity (Wildman–Crippen MR) is 56.4 cm³/mol. The average molecular weight is 233 g/mol. The maximum absolute atomic E-state index is 11.7. The molecule has 0 spiro atoms. The molecule has 0 aliphatic carbocycles. The summed E-state index contributed by atoms with van der Waals surface area (Å²) in [5, 5.41) is 15.5. The van der Waals surface area contributed by atoms with Crippen LogP contribution in [0, 0.1) is 0 Å². The summed E-state index contributed by atoms with van der Waals surface area (Å²) < 4.78 is 1.83. The summed E-state index contributed by atoms with van der Waals surface area (Å²) in [7, 11) is 0. The van der Waals surface area contributed by atoms with Gasteiger partial charge in [-0.15, -0.1) is 0 Å². The smallest absolute Gasteiger partial charge is 0.372 e. The minimum Gasteiger partial charge on any atom is -0.478 e. The van der Waals surface area contributed by atoms with Gasteiger partial charge in [-0.3, -0.25) is 4.98 Å². The third kappa shape index (κ3) is 2.25. The molecule has 0 saturated carbocycles. The molecule has 0 unspecified atom stereocenters. The van der Waals surface area contributed by atoms with E-state index in [1.54, 1.807) is 18.3 Å². The van der Waals surface area contributed by atoms with E-state index in [-0.39, 0.29) is 0 Å². The zero-order valence-electron chi connectivity index (χ0n) is 8.46. The van der Waals surface area contributed by atoms with Gasteiger partial charge in [-0.25, -0.2) is 9.59 Å². The molecule has 0 aliphatic rings. The second-order valence-corrected chi connectivity index (χ2v) is 2.98. The highest BCUT2D eigenvalue weighted by Crippen LogP contribution is 1.97. The van der Waals surface area contributed by atoms with Gasteiger partial charge in [-0.1, -0.05) is 0 Å². The molecule has 0 aromatic carbocycles. The molecular weight excluding hydrogens is 226 g/mol. The van der Waals surface area contributed by atoms with Crippen molar-refractivity contribution in [3.63, 3.8) is 0 Å². The van der Waals surface area contributed by atoms with Crippen LogP contribution in [0.3, 0.4) is 0 Å². The van der Waals surface area contributed by atoms with E-state index in [0.29, 0.717) is 5.69 Å². The molecule has 0 amide bonds. The van der Waals surface area contributed by atoms with Gasteiger partial charge in [-0.05, 0) is 22.6 Å². The van der Waals surface area contributed by atoms with E-state index in [1.807, 2.05) is 0 Å². The number of aliphatic carboxylic acids is 1. The van der Waals surface area contributed by atoms with Crippen molar-refractivity contribution in [1.82, 2.24) is 24.8 Å². The first kappa shape index (κ1) is 10.7. The molecule has 0 radical (unpaired) electrons. The number of pyridine rings is 1. The van der Waals surface area contributed by atoms with Crippen LogP contribution in [-0.2, 0) is 4.79 Å². The van der Waals surface area contributed by atoms with E-state index < -0.39 is 11.7 Å². The first-order chi connectivity index (χ1) is 8.18. The van der Waals surface area contributed by atoms with Crippen molar-refractivity contribution in [3.05, 3.63) is 41.1 Å². The first-order valence-corrected chi connectivity index (χ1v) is 4.54. The molecule has 8 heteroatoms. The number of hydrogen-bond donors (Lipinski definition) is 1. The van der Waals surface area contributed by atoms with Crippen molar-refractivity contribution < 1.29 is 9.90 Å². The maximum Gasteiger partial charge on any atom is 0.372 e. The molecule has 86 valence electrons. The number of tetrazole rings is 1. The Balaban J connectivity index is 2.41. The van der Waals surface area contributed by atoms with Crippen molar-refractivity contribution in [2.45, 2.75) is 0 Å². The zero-order valence-corrected chi connectivity index (χ0v) is 8.46. The van der Waals surface area contributed by atoms with E-state index in [0.717, 1.165) is 21.6 Å². The van der Waals surface area contributed by atoms with Crippen molar-refractivity contribution in [2.24, 2.45) is 0 Å². The second kappa shape index (κ2) is 4.39. The Labute approximate surface area is 94.4 Å². The van der Waals surface area contributed by atoms with E-state index in [4.69, 9.17) is 5.11 Å². The molecule has 2 heterocycles. The van der Waals surface area contributed by atoms with Gasteiger partial charge in [0, 0.05) is 18.5 Å². The number of carbonyl (C=O) groups is 1. The molecule has 0 aliphatic heterocycles. The topological polar surface area (TPSA) is 103 Å². The Hall–Kier alpha value is -2.77. The van der Waals surface area contributed by atoms with Gasteiger partial charge in [0.15, 0.2) is 0 Å². The van der Waals surface area contributed by atoms with Crippen LogP contribution in [0.15, 0.2) is 35.4 Å². The fraction of sp³-hybridized carbons (Fsp3) is 0. The third-order valence-corrected chi connectivity index (χ3v) is 1.85. The lowest BCUT2D eigenvalue weighted by Gasteiger charge is -1.94. The molecule has 8 nitrogen and oxygen atoms in total. The van der Waals surface area contributed by atoms with Gasteiger partial charge in [0.1, 0.15) is 0 Å². The van der Waals surface area contributed by atoms with Crippen molar-refractivity contribution in [2.75, 3.05) is 0 Å². The number of carboxylic acid groups (broad SMARTS) is 1. The summed E-state index contributed by atoms with van der Waals surface area (Å²) in [6.07, 6.45) is 4.82. The van der Waals surface area contributed by atoms with E-state index in [1.165, 1.54) is 6.20 Å². The molecule has 0 bridgehead atoms. The molecule has 0 saturated heterocycles. The molecule has 0 fully saturated rings. The molecule has 2 rings (SSSR count). The quantitative estimate of drug-likeness (QED) is 0.708. The van der Waals surface area contributed by atoms with Crippen LogP contribution >= 0.6 is 0 Å². The van der Waals surface area contributed by atoms with Crippen LogP contribution in [-0.4, -0.2) is 35.9 Å². The second-order valence-electron chi connectivity index (χ2n) is 2.98. The van der Waals surface area contributed by atoms with Gasteiger partial charge in [0.2, 0.25) is 0 Å². The van der Waals surface area contributed by atoms with Crippen LogP contribution in [0.25, 0.3) is 11.9 Å². The van der Waals surface area contributed by atoms with Crippen LogP contribution < -0.4 is 5.69 Å². The largest absolute Gasteiger partial charge is 0.478 e. The lowest BCUT2D eigenvalue weighted by atomic mass is 10.4. The average Bonchev–Trinajstić information content (AvgIpc) is 2.69. The predicted octanol–water partition coefficient (Wildman–Crippen LogP) is -0.621. The highest BCUT2D eigenvalue weighted by atomic mass is 16.4. The van der Waals surface area contributed by atoms with Gasteiger partial charge in [0.25, 0.3) is 0 Å². The Morgan fingerprint density at radius 3 is 2.88 bits per heavy atom.